The lowest BCUT2D eigenvalue weighted by Crippen LogP contribution is -2.33. The average molecular weight is 348 g/mol. The van der Waals surface area contributed by atoms with Crippen molar-refractivity contribution in [2.24, 2.45) is 5.92 Å². The number of pyridine rings is 2. The lowest BCUT2D eigenvalue weighted by atomic mass is 9.79. The molecule has 0 radical (unpaired) electrons. The van der Waals surface area contributed by atoms with E-state index < -0.39 is 0 Å². The molecule has 1 saturated carbocycles. The van der Waals surface area contributed by atoms with E-state index in [1.165, 1.54) is 36.6 Å². The van der Waals surface area contributed by atoms with Gasteiger partial charge >= 0.3 is 0 Å². The van der Waals surface area contributed by atoms with Gasteiger partial charge in [0.25, 0.3) is 0 Å². The average Bonchev–Trinajstić information content (AvgIpc) is 3.33. The lowest BCUT2D eigenvalue weighted by Gasteiger charge is -2.27. The number of fused-ring (bicyclic) bond motifs is 2. The summed E-state index contributed by atoms with van der Waals surface area (Å²) in [4.78, 5) is 12.2. The molecule has 0 bridgehead atoms. The summed E-state index contributed by atoms with van der Waals surface area (Å²) in [6.07, 6.45) is 10.9. The molecule has 0 aromatic carbocycles. The summed E-state index contributed by atoms with van der Waals surface area (Å²) in [7, 11) is 0. The van der Waals surface area contributed by atoms with E-state index in [0.29, 0.717) is 18.0 Å². The third kappa shape index (κ3) is 2.85. The minimum Gasteiger partial charge on any atom is -0.366 e. The zero-order valence-electron chi connectivity index (χ0n) is 14.7. The summed E-state index contributed by atoms with van der Waals surface area (Å²) < 4.78 is 0. The van der Waals surface area contributed by atoms with Crippen molar-refractivity contribution in [3.8, 4) is 0 Å². The molecule has 6 nitrogen and oxygen atoms in total. The number of hydrogen-bond donors (Lipinski definition) is 4. The first kappa shape index (κ1) is 15.8. The summed E-state index contributed by atoms with van der Waals surface area (Å²) in [5.41, 5.74) is 10.5. The Kier molecular flexibility index (Phi) is 4.07. The first-order valence-corrected chi connectivity index (χ1v) is 9.50. The maximum atomic E-state index is 4.75. The van der Waals surface area contributed by atoms with Gasteiger partial charge in [0, 0.05) is 36.6 Å². The second-order valence-electron chi connectivity index (χ2n) is 7.37. The van der Waals surface area contributed by atoms with Crippen LogP contribution in [0.25, 0.3) is 11.0 Å². The monoisotopic (exact) mass is 348 g/mol. The molecule has 3 atom stereocenters. The molecule has 2 fully saturated rings. The van der Waals surface area contributed by atoms with E-state index in [0.717, 1.165) is 23.6 Å². The number of rotatable bonds is 4. The second-order valence-corrected chi connectivity index (χ2v) is 7.37. The normalized spacial score (nSPS) is 25.3. The number of aromatic amines is 1. The van der Waals surface area contributed by atoms with Gasteiger partial charge in [-0.25, -0.2) is 10.4 Å². The van der Waals surface area contributed by atoms with Crippen LogP contribution in [0.15, 0.2) is 42.9 Å². The van der Waals surface area contributed by atoms with E-state index >= 15 is 0 Å². The van der Waals surface area contributed by atoms with Crippen LogP contribution < -0.4 is 16.2 Å². The number of nitrogens with one attached hydrogen (secondary N) is 4. The fourth-order valence-corrected chi connectivity index (χ4v) is 4.46. The molecule has 4 heterocycles. The van der Waals surface area contributed by atoms with Crippen molar-refractivity contribution >= 4 is 16.9 Å². The minimum absolute atomic E-state index is 0.334. The molecule has 5 rings (SSSR count). The van der Waals surface area contributed by atoms with E-state index in [2.05, 4.69) is 44.3 Å². The van der Waals surface area contributed by atoms with Crippen LogP contribution in [0.1, 0.15) is 42.9 Å². The third-order valence-corrected chi connectivity index (χ3v) is 5.76. The van der Waals surface area contributed by atoms with E-state index in [1.807, 2.05) is 18.5 Å². The highest BCUT2D eigenvalue weighted by Gasteiger charge is 2.38. The maximum absolute atomic E-state index is 4.75. The summed E-state index contributed by atoms with van der Waals surface area (Å²) in [6, 6.07) is 9.30. The predicted molar refractivity (Wildman–Crippen MR) is 102 cm³/mol. The van der Waals surface area contributed by atoms with E-state index in [4.69, 9.17) is 4.98 Å². The quantitative estimate of drug-likeness (QED) is 0.582. The van der Waals surface area contributed by atoms with Gasteiger partial charge in [-0.05, 0) is 48.1 Å². The van der Waals surface area contributed by atoms with Gasteiger partial charge in [-0.1, -0.05) is 18.9 Å². The van der Waals surface area contributed by atoms with Crippen molar-refractivity contribution in [1.82, 2.24) is 25.8 Å². The fraction of sp³-hybridized carbons (Fsp3) is 0.400. The van der Waals surface area contributed by atoms with Crippen molar-refractivity contribution in [3.05, 3.63) is 54.0 Å². The molecule has 1 saturated heterocycles. The Morgan fingerprint density at radius 3 is 3.04 bits per heavy atom. The largest absolute Gasteiger partial charge is 0.366 e. The summed E-state index contributed by atoms with van der Waals surface area (Å²) in [5, 5.41) is 4.67. The first-order valence-electron chi connectivity index (χ1n) is 9.50. The Bertz CT molecular complexity index is 890. The van der Waals surface area contributed by atoms with Crippen molar-refractivity contribution in [2.75, 3.05) is 5.32 Å². The molecule has 134 valence electrons. The highest BCUT2D eigenvalue weighted by Crippen LogP contribution is 2.40. The molecule has 26 heavy (non-hydrogen) atoms. The van der Waals surface area contributed by atoms with Crippen molar-refractivity contribution in [1.29, 1.82) is 0 Å². The second kappa shape index (κ2) is 6.70. The van der Waals surface area contributed by atoms with Crippen LogP contribution in [-0.4, -0.2) is 21.0 Å². The molecule has 1 aliphatic heterocycles. The molecule has 3 unspecified atom stereocenters. The minimum atomic E-state index is 0.334. The van der Waals surface area contributed by atoms with Crippen molar-refractivity contribution < 1.29 is 0 Å². The van der Waals surface area contributed by atoms with Gasteiger partial charge < -0.3 is 10.3 Å². The Balaban J connectivity index is 1.46. The molecule has 3 aromatic heterocycles. The van der Waals surface area contributed by atoms with Gasteiger partial charge in [-0.15, -0.1) is 0 Å². The number of hydrogen-bond acceptors (Lipinski definition) is 5. The topological polar surface area (TPSA) is 77.7 Å². The third-order valence-electron chi connectivity index (χ3n) is 5.76. The van der Waals surface area contributed by atoms with Crippen LogP contribution in [0.4, 0.5) is 5.82 Å². The van der Waals surface area contributed by atoms with Gasteiger partial charge in [0.05, 0.1) is 6.04 Å². The maximum Gasteiger partial charge on any atom is 0.140 e. The summed E-state index contributed by atoms with van der Waals surface area (Å²) in [5.74, 6) is 1.55. The Morgan fingerprint density at radius 1 is 1.15 bits per heavy atom. The van der Waals surface area contributed by atoms with Gasteiger partial charge in [-0.3, -0.25) is 10.4 Å². The van der Waals surface area contributed by atoms with Crippen LogP contribution in [0.5, 0.6) is 0 Å². The Hall–Kier alpha value is -2.44. The van der Waals surface area contributed by atoms with E-state index in [-0.39, 0.29) is 0 Å². The highest BCUT2D eigenvalue weighted by molar-refractivity contribution is 5.82. The van der Waals surface area contributed by atoms with E-state index in [9.17, 15) is 0 Å². The Labute approximate surface area is 152 Å². The first-order chi connectivity index (χ1) is 12.9. The highest BCUT2D eigenvalue weighted by atomic mass is 15.4. The van der Waals surface area contributed by atoms with Gasteiger partial charge in [0.1, 0.15) is 11.5 Å². The molecule has 0 amide bonds. The molecular formula is C20H24N6. The van der Waals surface area contributed by atoms with Gasteiger partial charge in [-0.2, -0.15) is 0 Å². The number of H-pyrrole nitrogens is 1. The predicted octanol–water partition coefficient (Wildman–Crippen LogP) is 3.28. The van der Waals surface area contributed by atoms with Gasteiger partial charge in [0.2, 0.25) is 0 Å². The fourth-order valence-electron chi connectivity index (χ4n) is 4.46. The van der Waals surface area contributed by atoms with Crippen LogP contribution >= 0.6 is 0 Å². The molecule has 1 aliphatic carbocycles. The molecule has 4 N–H and O–H groups in total. The van der Waals surface area contributed by atoms with E-state index in [1.54, 1.807) is 6.20 Å². The number of hydrazine groups is 1. The van der Waals surface area contributed by atoms with Crippen LogP contribution in [0.2, 0.25) is 0 Å². The Morgan fingerprint density at radius 2 is 2.12 bits per heavy atom. The standard InChI is InChI=1S/C20H24N6/c1-2-6-17-15(5-1)19(26-25-17)16-10-18(24-20-14(16)7-9-22-20)23-12-13-4-3-8-21-11-13/h3-4,7-11,15,17,19,25-26H,1-2,5-6,12H2,(H2,22,23,24). The number of anilines is 1. The zero-order valence-corrected chi connectivity index (χ0v) is 14.7. The molecule has 6 heteroatoms. The van der Waals surface area contributed by atoms with Crippen molar-refractivity contribution in [3.63, 3.8) is 0 Å². The lowest BCUT2D eigenvalue weighted by molar-refractivity contribution is 0.308. The number of nitrogens with zero attached hydrogens (tertiary/aromatic N) is 2. The zero-order chi connectivity index (χ0) is 17.3. The molecule has 0 spiro atoms. The van der Waals surface area contributed by atoms with Crippen LogP contribution in [0.3, 0.4) is 0 Å². The SMILES string of the molecule is c1cncc(CNc2cc(C3NNC4CCCCC43)c3cc[nH]c3n2)c1. The molecule has 2 aliphatic rings. The molecular weight excluding hydrogens is 324 g/mol. The smallest absolute Gasteiger partial charge is 0.140 e. The van der Waals surface area contributed by atoms with Gasteiger partial charge in [0.15, 0.2) is 0 Å². The van der Waals surface area contributed by atoms with Crippen molar-refractivity contribution in [2.45, 2.75) is 44.3 Å². The summed E-state index contributed by atoms with van der Waals surface area (Å²) >= 11 is 0. The number of aromatic nitrogens is 3. The van der Waals surface area contributed by atoms with Crippen LogP contribution in [-0.2, 0) is 6.54 Å². The molecule has 3 aromatic rings. The summed E-state index contributed by atoms with van der Waals surface area (Å²) in [6.45, 7) is 0.717. The van der Waals surface area contributed by atoms with Crippen LogP contribution in [0, 0.1) is 5.92 Å².